The Morgan fingerprint density at radius 3 is 2.59 bits per heavy atom. The van der Waals surface area contributed by atoms with E-state index in [4.69, 9.17) is 17.2 Å². The average molecular weight is 403 g/mol. The molecule has 0 aliphatic carbocycles. The molecular weight excluding hydrogens is 372 g/mol. The lowest BCUT2D eigenvalue weighted by atomic mass is 10.2. The fraction of sp³-hybridized carbons (Fsp3) is 0.421. The zero-order valence-corrected chi connectivity index (χ0v) is 16.4. The lowest BCUT2D eigenvalue weighted by Crippen LogP contribution is -2.48. The SMILES string of the molecule is NCCN(CCN)NCCC(N)C(=O)NCC(=O)Nc1cnc2ccccc2c1. The molecule has 0 radical (unpaired) electrons. The molecule has 1 aromatic heterocycles. The van der Waals surface area contributed by atoms with Crippen molar-refractivity contribution >= 4 is 28.4 Å². The minimum atomic E-state index is -0.727. The van der Waals surface area contributed by atoms with Gasteiger partial charge in [0.2, 0.25) is 11.8 Å². The van der Waals surface area contributed by atoms with Gasteiger partial charge < -0.3 is 27.8 Å². The number of carbonyl (C=O) groups excluding carboxylic acids is 2. The molecule has 0 saturated carbocycles. The molecule has 29 heavy (non-hydrogen) atoms. The normalized spacial score (nSPS) is 12.1. The van der Waals surface area contributed by atoms with E-state index in [0.29, 0.717) is 44.8 Å². The molecule has 2 aromatic rings. The lowest BCUT2D eigenvalue weighted by Gasteiger charge is -2.22. The van der Waals surface area contributed by atoms with E-state index in [1.165, 1.54) is 0 Å². The number of aromatic nitrogens is 1. The first kappa shape index (κ1) is 22.7. The third-order valence-corrected chi connectivity index (χ3v) is 4.22. The number of benzene rings is 1. The van der Waals surface area contributed by atoms with Crippen LogP contribution in [0.25, 0.3) is 10.9 Å². The van der Waals surface area contributed by atoms with Gasteiger partial charge in [0.25, 0.3) is 0 Å². The first-order chi connectivity index (χ1) is 14.0. The predicted octanol–water partition coefficient (Wildman–Crippen LogP) is -1.27. The van der Waals surface area contributed by atoms with Gasteiger partial charge in [-0.25, -0.2) is 5.01 Å². The average Bonchev–Trinajstić information content (AvgIpc) is 2.72. The summed E-state index contributed by atoms with van der Waals surface area (Å²) in [4.78, 5) is 28.5. The Balaban J connectivity index is 1.71. The summed E-state index contributed by atoms with van der Waals surface area (Å²) in [5.41, 5.74) is 21.5. The summed E-state index contributed by atoms with van der Waals surface area (Å²) in [6, 6.07) is 8.70. The zero-order valence-electron chi connectivity index (χ0n) is 16.4. The number of pyridine rings is 1. The Kier molecular flexibility index (Phi) is 9.41. The summed E-state index contributed by atoms with van der Waals surface area (Å²) in [5.74, 6) is -0.736. The van der Waals surface area contributed by atoms with Crippen LogP contribution in [-0.4, -0.2) is 67.1 Å². The van der Waals surface area contributed by atoms with E-state index in [1.54, 1.807) is 6.20 Å². The second-order valence-corrected chi connectivity index (χ2v) is 6.55. The highest BCUT2D eigenvalue weighted by atomic mass is 16.2. The van der Waals surface area contributed by atoms with Crippen LogP contribution in [0.5, 0.6) is 0 Å². The number of para-hydroxylation sites is 1. The van der Waals surface area contributed by atoms with Crippen LogP contribution in [0.3, 0.4) is 0 Å². The van der Waals surface area contributed by atoms with E-state index in [9.17, 15) is 9.59 Å². The summed E-state index contributed by atoms with van der Waals surface area (Å²) in [6.07, 6.45) is 1.99. The smallest absolute Gasteiger partial charge is 0.243 e. The van der Waals surface area contributed by atoms with Crippen molar-refractivity contribution in [3.63, 3.8) is 0 Å². The molecule has 2 amide bonds. The summed E-state index contributed by atoms with van der Waals surface area (Å²) in [7, 11) is 0. The van der Waals surface area contributed by atoms with Crippen LogP contribution in [0.1, 0.15) is 6.42 Å². The standard InChI is InChI=1S/C19H30N8O2/c20-6-9-27(10-7-21)25-8-5-16(22)19(29)24-13-18(28)26-15-11-14-3-1-2-4-17(14)23-12-15/h1-4,11-12,16,25H,5-10,13,20-22H2,(H,24,29)(H,26,28). The molecule has 2 rings (SSSR count). The van der Waals surface area contributed by atoms with E-state index in [2.05, 4.69) is 21.0 Å². The van der Waals surface area contributed by atoms with Crippen LogP contribution < -0.4 is 33.3 Å². The van der Waals surface area contributed by atoms with Crippen molar-refractivity contribution in [2.75, 3.05) is 44.6 Å². The number of nitrogens with zero attached hydrogens (tertiary/aromatic N) is 2. The van der Waals surface area contributed by atoms with E-state index in [0.717, 1.165) is 10.9 Å². The number of anilines is 1. The molecule has 0 fully saturated rings. The predicted molar refractivity (Wildman–Crippen MR) is 114 cm³/mol. The highest BCUT2D eigenvalue weighted by Gasteiger charge is 2.15. The molecule has 1 unspecified atom stereocenters. The van der Waals surface area contributed by atoms with Gasteiger partial charge in [-0.15, -0.1) is 0 Å². The molecule has 10 heteroatoms. The van der Waals surface area contributed by atoms with Gasteiger partial charge in [0.1, 0.15) is 0 Å². The summed E-state index contributed by atoms with van der Waals surface area (Å²) >= 11 is 0. The summed E-state index contributed by atoms with van der Waals surface area (Å²) in [5, 5.41) is 8.08. The van der Waals surface area contributed by atoms with Crippen molar-refractivity contribution in [3.8, 4) is 0 Å². The van der Waals surface area contributed by atoms with Gasteiger partial charge in [-0.3, -0.25) is 20.0 Å². The third kappa shape index (κ3) is 7.72. The first-order valence-electron chi connectivity index (χ1n) is 9.60. The molecule has 1 aromatic carbocycles. The molecular formula is C19H30N8O2. The van der Waals surface area contributed by atoms with Gasteiger partial charge in [0.15, 0.2) is 0 Å². The topological polar surface area (TPSA) is 164 Å². The second-order valence-electron chi connectivity index (χ2n) is 6.55. The zero-order chi connectivity index (χ0) is 21.1. The van der Waals surface area contributed by atoms with Crippen LogP contribution in [-0.2, 0) is 9.59 Å². The first-order valence-corrected chi connectivity index (χ1v) is 9.60. The number of amides is 2. The largest absolute Gasteiger partial charge is 0.346 e. The maximum Gasteiger partial charge on any atom is 0.243 e. The highest BCUT2D eigenvalue weighted by molar-refractivity contribution is 5.96. The Labute approximate surface area is 170 Å². The Bertz CT molecular complexity index is 795. The van der Waals surface area contributed by atoms with Crippen LogP contribution in [0.15, 0.2) is 36.5 Å². The number of hydrazine groups is 1. The van der Waals surface area contributed by atoms with Crippen molar-refractivity contribution in [2.45, 2.75) is 12.5 Å². The van der Waals surface area contributed by atoms with Gasteiger partial charge in [0, 0.05) is 38.1 Å². The van der Waals surface area contributed by atoms with Gasteiger partial charge in [0.05, 0.1) is 30.0 Å². The third-order valence-electron chi connectivity index (χ3n) is 4.22. The van der Waals surface area contributed by atoms with Gasteiger partial charge >= 0.3 is 0 Å². The molecule has 158 valence electrons. The lowest BCUT2D eigenvalue weighted by molar-refractivity contribution is -0.125. The van der Waals surface area contributed by atoms with Crippen LogP contribution in [0, 0.1) is 0 Å². The van der Waals surface area contributed by atoms with Crippen molar-refractivity contribution in [3.05, 3.63) is 36.5 Å². The maximum atomic E-state index is 12.1. The highest BCUT2D eigenvalue weighted by Crippen LogP contribution is 2.15. The number of carbonyl (C=O) groups is 2. The molecule has 0 aliphatic rings. The number of rotatable bonds is 12. The van der Waals surface area contributed by atoms with Gasteiger partial charge in [-0.1, -0.05) is 18.2 Å². The minimum Gasteiger partial charge on any atom is -0.346 e. The Hall–Kier alpha value is -2.63. The molecule has 1 heterocycles. The van der Waals surface area contributed by atoms with Crippen LogP contribution in [0.4, 0.5) is 5.69 Å². The van der Waals surface area contributed by atoms with Crippen molar-refractivity contribution in [1.29, 1.82) is 0 Å². The van der Waals surface area contributed by atoms with E-state index >= 15 is 0 Å². The summed E-state index contributed by atoms with van der Waals surface area (Å²) in [6.45, 7) is 2.65. The van der Waals surface area contributed by atoms with Crippen molar-refractivity contribution < 1.29 is 9.59 Å². The van der Waals surface area contributed by atoms with Gasteiger partial charge in [-0.2, -0.15) is 0 Å². The van der Waals surface area contributed by atoms with Crippen LogP contribution in [0.2, 0.25) is 0 Å². The maximum absolute atomic E-state index is 12.1. The number of hydrogen-bond donors (Lipinski definition) is 6. The van der Waals surface area contributed by atoms with E-state index in [-0.39, 0.29) is 18.4 Å². The van der Waals surface area contributed by atoms with E-state index < -0.39 is 6.04 Å². The van der Waals surface area contributed by atoms with Gasteiger partial charge in [-0.05, 0) is 18.6 Å². The fourth-order valence-corrected chi connectivity index (χ4v) is 2.73. The number of fused-ring (bicyclic) bond motifs is 1. The second kappa shape index (κ2) is 12.0. The monoisotopic (exact) mass is 402 g/mol. The summed E-state index contributed by atoms with van der Waals surface area (Å²) < 4.78 is 0. The Morgan fingerprint density at radius 2 is 1.86 bits per heavy atom. The van der Waals surface area contributed by atoms with Crippen LogP contribution >= 0.6 is 0 Å². The number of nitrogens with one attached hydrogen (secondary N) is 3. The molecule has 0 bridgehead atoms. The molecule has 9 N–H and O–H groups in total. The molecule has 0 aliphatic heterocycles. The number of hydrogen-bond acceptors (Lipinski definition) is 8. The quantitative estimate of drug-likeness (QED) is 0.239. The van der Waals surface area contributed by atoms with E-state index in [1.807, 2.05) is 35.3 Å². The molecule has 10 nitrogen and oxygen atoms in total. The Morgan fingerprint density at radius 1 is 1.14 bits per heavy atom. The fourth-order valence-electron chi connectivity index (χ4n) is 2.73. The van der Waals surface area contributed by atoms with Crippen molar-refractivity contribution in [2.24, 2.45) is 17.2 Å². The number of nitrogens with two attached hydrogens (primary N) is 3. The molecule has 0 spiro atoms. The van der Waals surface area contributed by atoms with Crippen molar-refractivity contribution in [1.82, 2.24) is 20.7 Å². The minimum absolute atomic E-state index is 0.167. The molecule has 1 atom stereocenters. The molecule has 0 saturated heterocycles.